The Kier molecular flexibility index (Phi) is 5.38. The van der Waals surface area contributed by atoms with Crippen LogP contribution < -0.4 is 4.90 Å². The monoisotopic (exact) mass is 449 g/mol. The van der Waals surface area contributed by atoms with Gasteiger partial charge in [0, 0.05) is 43.5 Å². The summed E-state index contributed by atoms with van der Waals surface area (Å²) in [5.74, 6) is 0.272. The van der Waals surface area contributed by atoms with Gasteiger partial charge in [-0.05, 0) is 77.3 Å². The molecule has 1 amide bonds. The van der Waals surface area contributed by atoms with Gasteiger partial charge in [0.15, 0.2) is 5.65 Å². The predicted molar refractivity (Wildman–Crippen MR) is 128 cm³/mol. The first-order valence-electron chi connectivity index (χ1n) is 11.9. The molecule has 1 saturated heterocycles. The average molecular weight is 450 g/mol. The van der Waals surface area contributed by atoms with Crippen molar-refractivity contribution in [3.8, 4) is 0 Å². The highest BCUT2D eigenvalue weighted by atomic mass is 19.1. The Morgan fingerprint density at radius 2 is 1.79 bits per heavy atom. The normalized spacial score (nSPS) is 17.5. The smallest absolute Gasteiger partial charge is 0.254 e. The summed E-state index contributed by atoms with van der Waals surface area (Å²) < 4.78 is 15.3. The summed E-state index contributed by atoms with van der Waals surface area (Å²) in [6, 6.07) is 8.63. The van der Waals surface area contributed by atoms with Crippen molar-refractivity contribution in [1.29, 1.82) is 0 Å². The van der Waals surface area contributed by atoms with E-state index in [2.05, 4.69) is 25.7 Å². The van der Waals surface area contributed by atoms with Gasteiger partial charge < -0.3 is 9.80 Å². The summed E-state index contributed by atoms with van der Waals surface area (Å²) in [4.78, 5) is 23.0. The van der Waals surface area contributed by atoms with Gasteiger partial charge >= 0.3 is 0 Å². The third kappa shape index (κ3) is 4.21. The van der Waals surface area contributed by atoms with E-state index in [1.165, 1.54) is 12.1 Å². The van der Waals surface area contributed by atoms with Crippen LogP contribution in [0.2, 0.25) is 0 Å². The summed E-state index contributed by atoms with van der Waals surface area (Å²) in [5.41, 5.74) is 4.18. The molecule has 5 rings (SSSR count). The third-order valence-electron chi connectivity index (χ3n) is 6.67. The molecule has 1 aromatic carbocycles. The summed E-state index contributed by atoms with van der Waals surface area (Å²) in [6.07, 6.45) is 3.13. The molecule has 7 heteroatoms. The van der Waals surface area contributed by atoms with Crippen LogP contribution in [0.5, 0.6) is 0 Å². The number of fused-ring (bicyclic) bond motifs is 1. The lowest BCUT2D eigenvalue weighted by atomic mass is 10.1. The van der Waals surface area contributed by atoms with Gasteiger partial charge in [0.1, 0.15) is 5.82 Å². The second-order valence-electron chi connectivity index (χ2n) is 10.3. The molecular weight excluding hydrogens is 417 g/mol. The Balaban J connectivity index is 1.48. The van der Waals surface area contributed by atoms with Gasteiger partial charge in [-0.15, -0.1) is 0 Å². The molecule has 0 atom stereocenters. The molecule has 33 heavy (non-hydrogen) atoms. The van der Waals surface area contributed by atoms with E-state index in [0.717, 1.165) is 66.0 Å². The average Bonchev–Trinajstić information content (AvgIpc) is 3.59. The van der Waals surface area contributed by atoms with Crippen LogP contribution in [0.25, 0.3) is 11.0 Å². The van der Waals surface area contributed by atoms with E-state index >= 15 is 0 Å². The van der Waals surface area contributed by atoms with Crippen LogP contribution in [0.15, 0.2) is 30.3 Å². The Labute approximate surface area is 194 Å². The predicted octanol–water partition coefficient (Wildman–Crippen LogP) is 4.86. The molecule has 3 heterocycles. The maximum atomic E-state index is 13.9. The fourth-order valence-corrected chi connectivity index (χ4v) is 4.73. The van der Waals surface area contributed by atoms with Crippen molar-refractivity contribution in [1.82, 2.24) is 19.7 Å². The van der Waals surface area contributed by atoms with E-state index in [-0.39, 0.29) is 17.3 Å². The number of pyridine rings is 1. The van der Waals surface area contributed by atoms with Gasteiger partial charge in [0.05, 0.1) is 22.2 Å². The number of aromatic nitrogens is 3. The van der Waals surface area contributed by atoms with E-state index in [1.54, 1.807) is 0 Å². The molecule has 0 radical (unpaired) electrons. The number of carbonyl (C=O) groups is 1. The Hall–Kier alpha value is -2.96. The first kappa shape index (κ1) is 21.9. The number of aryl methyl sites for hydroxylation is 1. The molecule has 2 fully saturated rings. The second-order valence-corrected chi connectivity index (χ2v) is 10.3. The lowest BCUT2D eigenvalue weighted by Gasteiger charge is -2.24. The third-order valence-corrected chi connectivity index (χ3v) is 6.67. The van der Waals surface area contributed by atoms with Gasteiger partial charge in [-0.25, -0.2) is 14.1 Å². The zero-order chi connectivity index (χ0) is 23.3. The first-order chi connectivity index (χ1) is 15.7. The van der Waals surface area contributed by atoms with E-state index < -0.39 is 0 Å². The molecule has 1 aliphatic carbocycles. The fraction of sp³-hybridized carbons (Fsp3) is 0.500. The molecule has 2 aliphatic rings. The van der Waals surface area contributed by atoms with Gasteiger partial charge in [0.25, 0.3) is 5.91 Å². The highest BCUT2D eigenvalue weighted by Gasteiger charge is 2.32. The largest absolute Gasteiger partial charge is 0.370 e. The van der Waals surface area contributed by atoms with Crippen molar-refractivity contribution in [3.05, 3.63) is 53.1 Å². The number of nitrogens with zero attached hydrogens (tertiary/aromatic N) is 5. The van der Waals surface area contributed by atoms with E-state index in [4.69, 9.17) is 10.1 Å². The maximum absolute atomic E-state index is 13.9. The summed E-state index contributed by atoms with van der Waals surface area (Å²) in [6.45, 7) is 11.2. The summed E-state index contributed by atoms with van der Waals surface area (Å²) in [7, 11) is 0. The van der Waals surface area contributed by atoms with Crippen molar-refractivity contribution in [3.63, 3.8) is 0 Å². The number of halogens is 1. The van der Waals surface area contributed by atoms with Crippen molar-refractivity contribution >= 4 is 22.6 Å². The molecule has 1 saturated carbocycles. The topological polar surface area (TPSA) is 54.3 Å². The molecule has 3 aromatic rings. The zero-order valence-electron chi connectivity index (χ0n) is 19.9. The standard InChI is InChI=1S/C26H32FN5O/c1-17-23-21(16-22(18-6-7-18)28-24(23)32(29-17)26(2,3)4)25(33)31-13-5-12-30(14-15-31)20-10-8-19(27)9-11-20/h8-11,16,18H,5-7,12-15H2,1-4H3. The summed E-state index contributed by atoms with van der Waals surface area (Å²) >= 11 is 0. The first-order valence-corrected chi connectivity index (χ1v) is 11.9. The maximum Gasteiger partial charge on any atom is 0.254 e. The molecule has 174 valence electrons. The lowest BCUT2D eigenvalue weighted by molar-refractivity contribution is 0.0768. The molecule has 0 bridgehead atoms. The molecule has 2 aromatic heterocycles. The molecule has 6 nitrogen and oxygen atoms in total. The molecule has 0 spiro atoms. The number of carbonyl (C=O) groups excluding carboxylic acids is 1. The van der Waals surface area contributed by atoms with Crippen LogP contribution in [0.1, 0.15) is 67.7 Å². The van der Waals surface area contributed by atoms with Gasteiger partial charge in [-0.2, -0.15) is 5.10 Å². The highest BCUT2D eigenvalue weighted by molar-refractivity contribution is 6.06. The zero-order valence-corrected chi connectivity index (χ0v) is 19.9. The Morgan fingerprint density at radius 1 is 1.06 bits per heavy atom. The number of amides is 1. The van der Waals surface area contributed by atoms with Crippen molar-refractivity contribution in [2.75, 3.05) is 31.1 Å². The minimum atomic E-state index is -0.232. The number of hydrogen-bond acceptors (Lipinski definition) is 4. The molecular formula is C26H32FN5O. The lowest BCUT2D eigenvalue weighted by Crippen LogP contribution is -2.35. The molecule has 0 unspecified atom stereocenters. The minimum absolute atomic E-state index is 0.0572. The van der Waals surface area contributed by atoms with Crippen molar-refractivity contribution in [2.24, 2.45) is 0 Å². The number of hydrogen-bond donors (Lipinski definition) is 0. The van der Waals surface area contributed by atoms with Gasteiger partial charge in [0.2, 0.25) is 0 Å². The molecule has 1 aliphatic heterocycles. The SMILES string of the molecule is Cc1nn(C(C)(C)C)c2nc(C3CC3)cc(C(=O)N3CCCN(c4ccc(F)cc4)CC3)c12. The summed E-state index contributed by atoms with van der Waals surface area (Å²) in [5, 5.41) is 5.67. The fourth-order valence-electron chi connectivity index (χ4n) is 4.73. The van der Waals surface area contributed by atoms with Gasteiger partial charge in [-0.3, -0.25) is 4.79 Å². The number of benzene rings is 1. The Morgan fingerprint density at radius 3 is 2.45 bits per heavy atom. The van der Waals surface area contributed by atoms with Crippen molar-refractivity contribution < 1.29 is 9.18 Å². The van der Waals surface area contributed by atoms with E-state index in [0.29, 0.717) is 19.0 Å². The minimum Gasteiger partial charge on any atom is -0.370 e. The van der Waals surface area contributed by atoms with E-state index in [9.17, 15) is 9.18 Å². The van der Waals surface area contributed by atoms with Gasteiger partial charge in [-0.1, -0.05) is 0 Å². The van der Waals surface area contributed by atoms with Crippen LogP contribution in [-0.4, -0.2) is 51.8 Å². The number of anilines is 1. The second kappa shape index (κ2) is 8.12. The quantitative estimate of drug-likeness (QED) is 0.573. The van der Waals surface area contributed by atoms with Crippen LogP contribution in [0.4, 0.5) is 10.1 Å². The molecule has 0 N–H and O–H groups in total. The van der Waals surface area contributed by atoms with Crippen LogP contribution in [0, 0.1) is 12.7 Å². The van der Waals surface area contributed by atoms with Crippen LogP contribution >= 0.6 is 0 Å². The highest BCUT2D eigenvalue weighted by Crippen LogP contribution is 2.41. The van der Waals surface area contributed by atoms with Crippen molar-refractivity contribution in [2.45, 2.75) is 58.4 Å². The van der Waals surface area contributed by atoms with Crippen LogP contribution in [0.3, 0.4) is 0 Å². The van der Waals surface area contributed by atoms with Crippen LogP contribution in [-0.2, 0) is 5.54 Å². The number of rotatable bonds is 3. The van der Waals surface area contributed by atoms with E-state index in [1.807, 2.05) is 34.7 Å². The Bertz CT molecular complexity index is 1190.